The zero-order valence-electron chi connectivity index (χ0n) is 16.1. The number of hydrogen-bond donors (Lipinski definition) is 2. The Morgan fingerprint density at radius 3 is 2.57 bits per heavy atom. The molecule has 1 heterocycles. The maximum atomic E-state index is 12.3. The lowest BCUT2D eigenvalue weighted by Gasteiger charge is -2.11. The number of benzene rings is 1. The maximum Gasteiger partial charge on any atom is 0.232 e. The minimum Gasteiger partial charge on any atom is -0.497 e. The molecule has 1 fully saturated rings. The molecule has 1 aliphatic carbocycles. The fourth-order valence-electron chi connectivity index (χ4n) is 3.12. The number of carbonyl (C=O) groups excluding carboxylic acids is 2. The molecule has 0 unspecified atom stereocenters. The van der Waals surface area contributed by atoms with Crippen molar-refractivity contribution in [3.05, 3.63) is 30.1 Å². The van der Waals surface area contributed by atoms with Crippen molar-refractivity contribution in [2.75, 3.05) is 18.2 Å². The van der Waals surface area contributed by atoms with Crippen LogP contribution in [0.2, 0.25) is 0 Å². The van der Waals surface area contributed by atoms with Crippen LogP contribution in [0.25, 0.3) is 0 Å². The molecule has 0 atom stereocenters. The summed E-state index contributed by atoms with van der Waals surface area (Å²) in [5, 5.41) is 14.7. The highest BCUT2D eigenvalue weighted by molar-refractivity contribution is 7.99. The molecule has 2 N–H and O–H groups in total. The van der Waals surface area contributed by atoms with Gasteiger partial charge < -0.3 is 19.9 Å². The Kier molecular flexibility index (Phi) is 6.91. The lowest BCUT2D eigenvalue weighted by Crippen LogP contribution is -2.33. The third-order valence-electron chi connectivity index (χ3n) is 4.67. The second-order valence-corrected chi connectivity index (χ2v) is 7.69. The van der Waals surface area contributed by atoms with Gasteiger partial charge in [-0.25, -0.2) is 0 Å². The third-order valence-corrected chi connectivity index (χ3v) is 5.69. The quantitative estimate of drug-likeness (QED) is 0.656. The molecule has 8 nitrogen and oxygen atoms in total. The molecule has 150 valence electrons. The van der Waals surface area contributed by atoms with E-state index < -0.39 is 0 Å². The van der Waals surface area contributed by atoms with Gasteiger partial charge in [0.2, 0.25) is 11.8 Å². The van der Waals surface area contributed by atoms with Crippen LogP contribution in [0.15, 0.2) is 29.4 Å². The summed E-state index contributed by atoms with van der Waals surface area (Å²) in [6.45, 7) is 0. The van der Waals surface area contributed by atoms with E-state index in [0.29, 0.717) is 28.5 Å². The number of carbonyl (C=O) groups is 2. The lowest BCUT2D eigenvalue weighted by molar-refractivity contribution is -0.119. The first-order chi connectivity index (χ1) is 13.5. The first kappa shape index (κ1) is 20.2. The first-order valence-corrected chi connectivity index (χ1v) is 10.3. The number of rotatable bonds is 8. The van der Waals surface area contributed by atoms with Crippen LogP contribution in [0.3, 0.4) is 0 Å². The van der Waals surface area contributed by atoms with Crippen LogP contribution in [-0.2, 0) is 23.1 Å². The molecule has 0 spiro atoms. The SMILES string of the molecule is COc1ccc(NC(=O)Cc2nnc(SCC(=O)NC3CCCC3)n2C)cc1. The van der Waals surface area contributed by atoms with E-state index in [1.54, 1.807) is 43.0 Å². The first-order valence-electron chi connectivity index (χ1n) is 9.29. The van der Waals surface area contributed by atoms with Gasteiger partial charge in [-0.05, 0) is 37.1 Å². The van der Waals surface area contributed by atoms with E-state index in [1.807, 2.05) is 0 Å². The Balaban J connectivity index is 1.49. The maximum absolute atomic E-state index is 12.3. The van der Waals surface area contributed by atoms with Crippen LogP contribution < -0.4 is 15.4 Å². The molecule has 0 radical (unpaired) electrons. The molecule has 2 aromatic rings. The summed E-state index contributed by atoms with van der Waals surface area (Å²) in [7, 11) is 3.39. The summed E-state index contributed by atoms with van der Waals surface area (Å²) >= 11 is 1.33. The Morgan fingerprint density at radius 2 is 1.89 bits per heavy atom. The molecule has 1 aliphatic rings. The molecule has 0 bridgehead atoms. The molecule has 3 rings (SSSR count). The summed E-state index contributed by atoms with van der Waals surface area (Å²) in [4.78, 5) is 24.3. The van der Waals surface area contributed by atoms with Crippen molar-refractivity contribution in [2.45, 2.75) is 43.3 Å². The molecule has 2 amide bonds. The topological polar surface area (TPSA) is 98.1 Å². The minimum atomic E-state index is -0.184. The summed E-state index contributed by atoms with van der Waals surface area (Å²) < 4.78 is 6.85. The number of thioether (sulfide) groups is 1. The Morgan fingerprint density at radius 1 is 1.18 bits per heavy atom. The highest BCUT2D eigenvalue weighted by atomic mass is 32.2. The summed E-state index contributed by atoms with van der Waals surface area (Å²) in [6.07, 6.45) is 4.60. The van der Waals surface area contributed by atoms with Crippen LogP contribution in [0.5, 0.6) is 5.75 Å². The van der Waals surface area contributed by atoms with Gasteiger partial charge in [-0.1, -0.05) is 24.6 Å². The molecular weight excluding hydrogens is 378 g/mol. The van der Waals surface area contributed by atoms with Gasteiger partial charge in [0.05, 0.1) is 19.3 Å². The Labute approximate surface area is 168 Å². The summed E-state index contributed by atoms with van der Waals surface area (Å²) in [6, 6.07) is 7.42. The van der Waals surface area contributed by atoms with E-state index in [9.17, 15) is 9.59 Å². The normalized spacial score (nSPS) is 14.1. The second kappa shape index (κ2) is 9.59. The van der Waals surface area contributed by atoms with Gasteiger partial charge in [0.15, 0.2) is 5.16 Å². The molecule has 28 heavy (non-hydrogen) atoms. The van der Waals surface area contributed by atoms with Gasteiger partial charge in [-0.3, -0.25) is 9.59 Å². The lowest BCUT2D eigenvalue weighted by atomic mass is 10.2. The Bertz CT molecular complexity index is 815. The van der Waals surface area contributed by atoms with Crippen LogP contribution in [0.4, 0.5) is 5.69 Å². The van der Waals surface area contributed by atoms with Gasteiger partial charge >= 0.3 is 0 Å². The average molecular weight is 404 g/mol. The molecule has 9 heteroatoms. The van der Waals surface area contributed by atoms with E-state index in [-0.39, 0.29) is 18.2 Å². The van der Waals surface area contributed by atoms with E-state index in [2.05, 4.69) is 20.8 Å². The van der Waals surface area contributed by atoms with E-state index in [1.165, 1.54) is 24.6 Å². The number of hydrogen-bond acceptors (Lipinski definition) is 6. The highest BCUT2D eigenvalue weighted by Gasteiger charge is 2.18. The van der Waals surface area contributed by atoms with Gasteiger partial charge in [0.1, 0.15) is 11.6 Å². The van der Waals surface area contributed by atoms with E-state index in [0.717, 1.165) is 18.6 Å². The highest BCUT2D eigenvalue weighted by Crippen LogP contribution is 2.20. The molecule has 0 aliphatic heterocycles. The van der Waals surface area contributed by atoms with Crippen LogP contribution in [-0.4, -0.2) is 45.5 Å². The Hall–Kier alpha value is -2.55. The number of nitrogens with one attached hydrogen (secondary N) is 2. The second-order valence-electron chi connectivity index (χ2n) is 6.75. The monoisotopic (exact) mass is 403 g/mol. The number of ether oxygens (including phenoxy) is 1. The largest absolute Gasteiger partial charge is 0.497 e. The third kappa shape index (κ3) is 5.48. The number of aromatic nitrogens is 3. The molecular formula is C19H25N5O3S. The minimum absolute atomic E-state index is 0.0127. The van der Waals surface area contributed by atoms with Crippen LogP contribution >= 0.6 is 11.8 Å². The van der Waals surface area contributed by atoms with Crippen molar-refractivity contribution >= 4 is 29.3 Å². The van der Waals surface area contributed by atoms with Crippen molar-refractivity contribution in [1.82, 2.24) is 20.1 Å². The number of amides is 2. The van der Waals surface area contributed by atoms with Gasteiger partial charge in [0, 0.05) is 18.8 Å². The van der Waals surface area contributed by atoms with E-state index in [4.69, 9.17) is 4.74 Å². The molecule has 1 aromatic heterocycles. The van der Waals surface area contributed by atoms with E-state index >= 15 is 0 Å². The van der Waals surface area contributed by atoms with Crippen molar-refractivity contribution in [3.63, 3.8) is 0 Å². The van der Waals surface area contributed by atoms with Crippen molar-refractivity contribution < 1.29 is 14.3 Å². The zero-order chi connectivity index (χ0) is 19.9. The van der Waals surface area contributed by atoms with Crippen molar-refractivity contribution in [1.29, 1.82) is 0 Å². The number of methoxy groups -OCH3 is 1. The predicted molar refractivity (Wildman–Crippen MR) is 107 cm³/mol. The summed E-state index contributed by atoms with van der Waals surface area (Å²) in [5.74, 6) is 1.39. The standard InChI is InChI=1S/C19H25N5O3S/c1-24-16(11-17(25)20-14-7-9-15(27-2)10-8-14)22-23-19(24)28-12-18(26)21-13-5-3-4-6-13/h7-10,13H,3-6,11-12H2,1-2H3,(H,20,25)(H,21,26). The fraction of sp³-hybridized carbons (Fsp3) is 0.474. The molecule has 0 saturated heterocycles. The molecule has 1 aromatic carbocycles. The predicted octanol–water partition coefficient (Wildman–Crippen LogP) is 2.16. The van der Waals surface area contributed by atoms with Crippen molar-refractivity contribution in [3.8, 4) is 5.75 Å². The fourth-order valence-corrected chi connectivity index (χ4v) is 3.86. The number of anilines is 1. The zero-order valence-corrected chi connectivity index (χ0v) is 16.9. The summed E-state index contributed by atoms with van der Waals surface area (Å²) in [5.41, 5.74) is 0.686. The smallest absolute Gasteiger partial charge is 0.232 e. The van der Waals surface area contributed by atoms with Crippen LogP contribution in [0.1, 0.15) is 31.5 Å². The average Bonchev–Trinajstić information content (AvgIpc) is 3.31. The van der Waals surface area contributed by atoms with Gasteiger partial charge in [-0.2, -0.15) is 0 Å². The van der Waals surface area contributed by atoms with Gasteiger partial charge in [0.25, 0.3) is 0 Å². The number of nitrogens with zero attached hydrogens (tertiary/aromatic N) is 3. The molecule has 1 saturated carbocycles. The van der Waals surface area contributed by atoms with Crippen LogP contribution in [0, 0.1) is 0 Å². The van der Waals surface area contributed by atoms with Crippen molar-refractivity contribution in [2.24, 2.45) is 7.05 Å². The van der Waals surface area contributed by atoms with Gasteiger partial charge in [-0.15, -0.1) is 10.2 Å².